The maximum Gasteiger partial charge on any atom is 0.243 e. The molecule has 0 unspecified atom stereocenters. The smallest absolute Gasteiger partial charge is 0.243 e. The van der Waals surface area contributed by atoms with Crippen LogP contribution in [0.3, 0.4) is 0 Å². The number of aromatic nitrogens is 2. The fourth-order valence-electron chi connectivity index (χ4n) is 2.64. The molecule has 0 bridgehead atoms. The van der Waals surface area contributed by atoms with Gasteiger partial charge in [0.05, 0.1) is 4.90 Å². The first-order valence-electron chi connectivity index (χ1n) is 7.62. The summed E-state index contributed by atoms with van der Waals surface area (Å²) < 4.78 is 27.0. The van der Waals surface area contributed by atoms with Gasteiger partial charge in [0, 0.05) is 37.9 Å². The lowest BCUT2D eigenvalue weighted by molar-refractivity contribution is 0.101. The maximum absolute atomic E-state index is 12.8. The van der Waals surface area contributed by atoms with Crippen molar-refractivity contribution >= 4 is 21.6 Å². The van der Waals surface area contributed by atoms with Gasteiger partial charge in [-0.15, -0.1) is 5.10 Å². The molecule has 0 N–H and O–H groups in total. The predicted octanol–water partition coefficient (Wildman–Crippen LogP) is 1.19. The van der Waals surface area contributed by atoms with Gasteiger partial charge in [0.15, 0.2) is 11.6 Å². The molecule has 0 spiro atoms. The van der Waals surface area contributed by atoms with E-state index in [9.17, 15) is 13.2 Å². The average molecular weight is 346 g/mol. The fraction of sp³-hybridized carbons (Fsp3) is 0.312. The van der Waals surface area contributed by atoms with E-state index in [-0.39, 0.29) is 10.7 Å². The summed E-state index contributed by atoms with van der Waals surface area (Å²) in [5.41, 5.74) is 0.397. The summed E-state index contributed by atoms with van der Waals surface area (Å²) >= 11 is 0. The number of rotatable bonds is 4. The molecular formula is C16H18N4O3S. The van der Waals surface area contributed by atoms with Gasteiger partial charge in [0.1, 0.15) is 0 Å². The number of benzene rings is 1. The van der Waals surface area contributed by atoms with Gasteiger partial charge in [-0.25, -0.2) is 8.42 Å². The van der Waals surface area contributed by atoms with E-state index in [4.69, 9.17) is 0 Å². The van der Waals surface area contributed by atoms with E-state index in [1.54, 1.807) is 24.4 Å². The third kappa shape index (κ3) is 3.29. The van der Waals surface area contributed by atoms with Crippen LogP contribution in [0.2, 0.25) is 0 Å². The van der Waals surface area contributed by atoms with Crippen LogP contribution in [0.4, 0.5) is 5.82 Å². The van der Waals surface area contributed by atoms with Gasteiger partial charge in [0.2, 0.25) is 10.0 Å². The van der Waals surface area contributed by atoms with Crippen LogP contribution in [0.25, 0.3) is 0 Å². The average Bonchev–Trinajstić information content (AvgIpc) is 2.62. The highest BCUT2D eigenvalue weighted by atomic mass is 32.2. The lowest BCUT2D eigenvalue weighted by atomic mass is 10.2. The summed E-state index contributed by atoms with van der Waals surface area (Å²) in [5.74, 6) is 0.590. The van der Waals surface area contributed by atoms with Crippen molar-refractivity contribution in [3.8, 4) is 0 Å². The minimum Gasteiger partial charge on any atom is -0.352 e. The maximum atomic E-state index is 12.8. The molecule has 2 heterocycles. The first-order valence-corrected chi connectivity index (χ1v) is 9.06. The van der Waals surface area contributed by atoms with Crippen molar-refractivity contribution in [1.82, 2.24) is 14.5 Å². The van der Waals surface area contributed by atoms with E-state index in [0.29, 0.717) is 31.7 Å². The summed E-state index contributed by atoms with van der Waals surface area (Å²) in [6.45, 7) is 3.24. The molecule has 8 heteroatoms. The Bertz CT molecular complexity index is 831. The van der Waals surface area contributed by atoms with Crippen LogP contribution in [0, 0.1) is 0 Å². The quantitative estimate of drug-likeness (QED) is 0.773. The molecule has 0 atom stereocenters. The number of Topliss-reactive ketones (excluding diaryl/α,β-unsaturated/α-hetero) is 1. The molecule has 0 radical (unpaired) electrons. The highest BCUT2D eigenvalue weighted by molar-refractivity contribution is 7.89. The molecule has 3 rings (SSSR count). The summed E-state index contributed by atoms with van der Waals surface area (Å²) in [5, 5.41) is 7.90. The Labute approximate surface area is 141 Å². The molecule has 126 valence electrons. The van der Waals surface area contributed by atoms with E-state index in [1.165, 1.54) is 23.4 Å². The fourth-order valence-corrected chi connectivity index (χ4v) is 4.11. The van der Waals surface area contributed by atoms with Crippen molar-refractivity contribution in [2.45, 2.75) is 11.8 Å². The molecule has 1 aliphatic rings. The number of piperazine rings is 1. The van der Waals surface area contributed by atoms with Gasteiger partial charge in [-0.2, -0.15) is 9.40 Å². The Morgan fingerprint density at radius 1 is 1.08 bits per heavy atom. The van der Waals surface area contributed by atoms with E-state index < -0.39 is 10.0 Å². The second-order valence-corrected chi connectivity index (χ2v) is 7.49. The van der Waals surface area contributed by atoms with Crippen LogP contribution in [0.15, 0.2) is 47.5 Å². The lowest BCUT2D eigenvalue weighted by Gasteiger charge is -2.34. The van der Waals surface area contributed by atoms with Crippen molar-refractivity contribution in [1.29, 1.82) is 0 Å². The Kier molecular flexibility index (Phi) is 4.59. The first-order chi connectivity index (χ1) is 11.5. The number of carbonyl (C=O) groups excluding carboxylic acids is 1. The van der Waals surface area contributed by atoms with Crippen LogP contribution in [-0.4, -0.2) is 54.9 Å². The molecule has 0 amide bonds. The zero-order valence-corrected chi connectivity index (χ0v) is 14.1. The van der Waals surface area contributed by atoms with Crippen molar-refractivity contribution < 1.29 is 13.2 Å². The normalized spacial score (nSPS) is 16.1. The second kappa shape index (κ2) is 6.66. The molecule has 1 aromatic heterocycles. The monoisotopic (exact) mass is 346 g/mol. The van der Waals surface area contributed by atoms with Crippen molar-refractivity contribution in [3.63, 3.8) is 0 Å². The Morgan fingerprint density at radius 2 is 1.83 bits per heavy atom. The van der Waals surface area contributed by atoms with Crippen molar-refractivity contribution in [3.05, 3.63) is 48.2 Å². The molecule has 1 saturated heterocycles. The number of hydrogen-bond acceptors (Lipinski definition) is 6. The SMILES string of the molecule is CC(=O)c1cccc(S(=O)(=O)N2CCN(c3cccnn3)CC2)c1. The minimum atomic E-state index is -3.61. The molecule has 2 aromatic rings. The molecular weight excluding hydrogens is 328 g/mol. The molecule has 1 fully saturated rings. The molecule has 1 aliphatic heterocycles. The van der Waals surface area contributed by atoms with Gasteiger partial charge in [-0.05, 0) is 31.2 Å². The summed E-state index contributed by atoms with van der Waals surface area (Å²) in [6.07, 6.45) is 1.60. The number of hydrogen-bond donors (Lipinski definition) is 0. The van der Waals surface area contributed by atoms with Crippen molar-refractivity contribution in [2.75, 3.05) is 31.1 Å². The van der Waals surface area contributed by atoms with Crippen LogP contribution in [0.5, 0.6) is 0 Å². The number of ketones is 1. The van der Waals surface area contributed by atoms with E-state index in [1.807, 2.05) is 11.0 Å². The molecule has 0 saturated carbocycles. The Hall–Kier alpha value is -2.32. The summed E-state index contributed by atoms with van der Waals surface area (Å²) in [4.78, 5) is 13.6. The van der Waals surface area contributed by atoms with Crippen molar-refractivity contribution in [2.24, 2.45) is 0 Å². The van der Waals surface area contributed by atoms with Crippen LogP contribution in [0.1, 0.15) is 17.3 Å². The van der Waals surface area contributed by atoms with E-state index >= 15 is 0 Å². The number of sulfonamides is 1. The highest BCUT2D eigenvalue weighted by Gasteiger charge is 2.29. The second-order valence-electron chi connectivity index (χ2n) is 5.56. The third-order valence-corrected chi connectivity index (χ3v) is 5.89. The summed E-state index contributed by atoms with van der Waals surface area (Å²) in [6, 6.07) is 9.84. The van der Waals surface area contributed by atoms with Crippen LogP contribution < -0.4 is 4.90 Å². The third-order valence-electron chi connectivity index (χ3n) is 4.00. The highest BCUT2D eigenvalue weighted by Crippen LogP contribution is 2.20. The number of nitrogens with zero attached hydrogens (tertiary/aromatic N) is 4. The zero-order chi connectivity index (χ0) is 17.2. The Morgan fingerprint density at radius 3 is 2.46 bits per heavy atom. The molecule has 0 aliphatic carbocycles. The van der Waals surface area contributed by atoms with Crippen LogP contribution in [-0.2, 0) is 10.0 Å². The van der Waals surface area contributed by atoms with Gasteiger partial charge < -0.3 is 4.90 Å². The molecule has 24 heavy (non-hydrogen) atoms. The largest absolute Gasteiger partial charge is 0.352 e. The van der Waals surface area contributed by atoms with Gasteiger partial charge in [0.25, 0.3) is 0 Å². The standard InChI is InChI=1S/C16H18N4O3S/c1-13(21)14-4-2-5-15(12-14)24(22,23)20-10-8-19(9-11-20)16-6-3-7-17-18-16/h2-7,12H,8-11H2,1H3. The first kappa shape index (κ1) is 16.5. The molecule has 1 aromatic carbocycles. The number of carbonyl (C=O) groups is 1. The minimum absolute atomic E-state index is 0.153. The molecule has 7 nitrogen and oxygen atoms in total. The van der Waals surface area contributed by atoms with E-state index in [2.05, 4.69) is 10.2 Å². The van der Waals surface area contributed by atoms with E-state index in [0.717, 1.165) is 5.82 Å². The number of anilines is 1. The lowest BCUT2D eigenvalue weighted by Crippen LogP contribution is -2.49. The van der Waals surface area contributed by atoms with Gasteiger partial charge >= 0.3 is 0 Å². The zero-order valence-electron chi connectivity index (χ0n) is 13.3. The van der Waals surface area contributed by atoms with Gasteiger partial charge in [-0.3, -0.25) is 4.79 Å². The predicted molar refractivity (Wildman–Crippen MR) is 89.5 cm³/mol. The summed E-state index contributed by atoms with van der Waals surface area (Å²) in [7, 11) is -3.61. The Balaban J connectivity index is 1.75. The van der Waals surface area contributed by atoms with Crippen LogP contribution >= 0.6 is 0 Å². The van der Waals surface area contributed by atoms with Gasteiger partial charge in [-0.1, -0.05) is 12.1 Å². The topological polar surface area (TPSA) is 83.5 Å².